The van der Waals surface area contributed by atoms with Gasteiger partial charge in [0.1, 0.15) is 0 Å². The summed E-state index contributed by atoms with van der Waals surface area (Å²) in [6.07, 6.45) is 0. The highest BCUT2D eigenvalue weighted by Crippen LogP contribution is 2.38. The second-order valence-electron chi connectivity index (χ2n) is 6.39. The number of hydrogen-bond donors (Lipinski definition) is 2. The molecule has 0 fully saturated rings. The minimum Gasteiger partial charge on any atom is -0.351 e. The van der Waals surface area contributed by atoms with Gasteiger partial charge in [-0.2, -0.15) is 0 Å². The van der Waals surface area contributed by atoms with Crippen LogP contribution in [0.2, 0.25) is 10.0 Å². The molecule has 4 rings (SSSR count). The first-order valence-corrected chi connectivity index (χ1v) is 10.6. The van der Waals surface area contributed by atoms with Crippen molar-refractivity contribution in [3.05, 3.63) is 104 Å². The van der Waals surface area contributed by atoms with Gasteiger partial charge in [-0.25, -0.2) is 0 Å². The van der Waals surface area contributed by atoms with Gasteiger partial charge in [-0.3, -0.25) is 0 Å². The number of rotatable bonds is 3. The Balaban J connectivity index is 1.94. The van der Waals surface area contributed by atoms with Gasteiger partial charge in [0.05, 0.1) is 11.7 Å². The summed E-state index contributed by atoms with van der Waals surface area (Å²) in [4.78, 5) is 0. The van der Waals surface area contributed by atoms with Crippen molar-refractivity contribution >= 4 is 67.7 Å². The van der Waals surface area contributed by atoms with E-state index in [9.17, 15) is 0 Å². The van der Waals surface area contributed by atoms with Crippen molar-refractivity contribution in [2.24, 2.45) is 0 Å². The normalized spacial score (nSPS) is 16.5. The van der Waals surface area contributed by atoms with Crippen molar-refractivity contribution in [1.82, 2.24) is 10.6 Å². The van der Waals surface area contributed by atoms with Crippen LogP contribution in [0.1, 0.15) is 22.7 Å². The van der Waals surface area contributed by atoms with Crippen molar-refractivity contribution in [1.29, 1.82) is 0 Å². The van der Waals surface area contributed by atoms with Crippen LogP contribution in [0.4, 0.5) is 0 Å². The lowest BCUT2D eigenvalue weighted by Crippen LogP contribution is -2.42. The van der Waals surface area contributed by atoms with Gasteiger partial charge in [0.15, 0.2) is 5.11 Å². The molecule has 0 aromatic heterocycles. The molecule has 1 aliphatic rings. The zero-order chi connectivity index (χ0) is 19.7. The van der Waals surface area contributed by atoms with E-state index in [1.165, 1.54) is 0 Å². The predicted molar refractivity (Wildman–Crippen MR) is 125 cm³/mol. The Morgan fingerprint density at radius 3 is 1.89 bits per heavy atom. The quantitative estimate of drug-likeness (QED) is 0.393. The lowest BCUT2D eigenvalue weighted by molar-refractivity contribution is 0.785. The molecular formula is C22H15BrCl2N2S. The van der Waals surface area contributed by atoms with Gasteiger partial charge in [-0.05, 0) is 65.3 Å². The minimum atomic E-state index is -0.113. The molecular weight excluding hydrogens is 475 g/mol. The highest BCUT2D eigenvalue weighted by molar-refractivity contribution is 9.10. The average Bonchev–Trinajstić information content (AvgIpc) is 2.69. The van der Waals surface area contributed by atoms with Crippen LogP contribution in [-0.2, 0) is 0 Å². The second-order valence-corrected chi connectivity index (χ2v) is 8.58. The third-order valence-electron chi connectivity index (χ3n) is 4.56. The highest BCUT2D eigenvalue weighted by atomic mass is 79.9. The summed E-state index contributed by atoms with van der Waals surface area (Å²) in [5.74, 6) is 0. The van der Waals surface area contributed by atoms with Gasteiger partial charge >= 0.3 is 0 Å². The Hall–Kier alpha value is -1.85. The molecule has 0 aliphatic carbocycles. The Morgan fingerprint density at radius 1 is 0.750 bits per heavy atom. The van der Waals surface area contributed by atoms with Crippen LogP contribution in [0.5, 0.6) is 0 Å². The molecule has 0 saturated heterocycles. The molecule has 1 aliphatic heterocycles. The molecule has 28 heavy (non-hydrogen) atoms. The summed E-state index contributed by atoms with van der Waals surface area (Å²) in [5.41, 5.74) is 5.26. The monoisotopic (exact) mass is 488 g/mol. The van der Waals surface area contributed by atoms with Crippen LogP contribution in [-0.4, -0.2) is 5.11 Å². The van der Waals surface area contributed by atoms with Crippen molar-refractivity contribution < 1.29 is 0 Å². The van der Waals surface area contributed by atoms with E-state index < -0.39 is 0 Å². The number of benzene rings is 3. The van der Waals surface area contributed by atoms with Gasteiger partial charge < -0.3 is 10.6 Å². The smallest absolute Gasteiger partial charge is 0.171 e. The van der Waals surface area contributed by atoms with E-state index in [1.54, 1.807) is 0 Å². The molecule has 2 N–H and O–H groups in total. The number of thiocarbonyl (C=S) groups is 1. The summed E-state index contributed by atoms with van der Waals surface area (Å²) in [6.45, 7) is 0. The fourth-order valence-corrected chi connectivity index (χ4v) is 3.99. The number of nitrogens with one attached hydrogen (secondary N) is 2. The van der Waals surface area contributed by atoms with Crippen LogP contribution < -0.4 is 10.6 Å². The molecule has 3 aromatic carbocycles. The molecule has 1 heterocycles. The fourth-order valence-electron chi connectivity index (χ4n) is 3.25. The standard InChI is InChI=1S/C22H15BrCl2N2S/c23-16-7-1-13(2-8-16)19-20(14-3-9-17(24)10-4-14)26-22(28)27-21(19)15-5-11-18(25)12-6-15/h1-12,20H,(H2,26,27,28). The van der Waals surface area contributed by atoms with Gasteiger partial charge in [-0.15, -0.1) is 0 Å². The molecule has 0 amide bonds. The summed E-state index contributed by atoms with van der Waals surface area (Å²) >= 11 is 21.2. The van der Waals surface area contributed by atoms with Crippen molar-refractivity contribution in [3.8, 4) is 0 Å². The van der Waals surface area contributed by atoms with Gasteiger partial charge in [0.2, 0.25) is 0 Å². The SMILES string of the molecule is S=C1NC(c2ccc(Cl)cc2)=C(c2ccc(Br)cc2)C(c2ccc(Cl)cc2)N1. The third-order valence-corrected chi connectivity index (χ3v) is 5.82. The first-order chi connectivity index (χ1) is 13.5. The molecule has 140 valence electrons. The Bertz CT molecular complexity index is 1050. The number of halogens is 3. The van der Waals surface area contributed by atoms with Gasteiger partial charge in [0.25, 0.3) is 0 Å². The molecule has 1 atom stereocenters. The van der Waals surface area contributed by atoms with Crippen LogP contribution in [0, 0.1) is 0 Å². The fraction of sp³-hybridized carbons (Fsp3) is 0.0455. The Kier molecular flexibility index (Phi) is 5.74. The van der Waals surface area contributed by atoms with Crippen LogP contribution >= 0.6 is 51.3 Å². The maximum absolute atomic E-state index is 6.10. The lowest BCUT2D eigenvalue weighted by Gasteiger charge is -2.33. The summed E-state index contributed by atoms with van der Waals surface area (Å²) in [5, 5.41) is 8.72. The second kappa shape index (κ2) is 8.26. The largest absolute Gasteiger partial charge is 0.351 e. The molecule has 0 bridgehead atoms. The molecule has 6 heteroatoms. The van der Waals surface area contributed by atoms with E-state index in [2.05, 4.69) is 38.7 Å². The van der Waals surface area contributed by atoms with E-state index in [1.807, 2.05) is 60.7 Å². The maximum Gasteiger partial charge on any atom is 0.171 e. The zero-order valence-corrected chi connectivity index (χ0v) is 18.5. The van der Waals surface area contributed by atoms with E-state index in [0.717, 1.165) is 32.4 Å². The highest BCUT2D eigenvalue weighted by Gasteiger charge is 2.28. The van der Waals surface area contributed by atoms with Gasteiger partial charge in [0, 0.05) is 20.1 Å². The third kappa shape index (κ3) is 4.11. The first kappa shape index (κ1) is 19.5. The topological polar surface area (TPSA) is 24.1 Å². The van der Waals surface area contributed by atoms with E-state index >= 15 is 0 Å². The van der Waals surface area contributed by atoms with E-state index in [4.69, 9.17) is 35.4 Å². The molecule has 3 aromatic rings. The van der Waals surface area contributed by atoms with E-state index in [0.29, 0.717) is 15.2 Å². The number of hydrogen-bond acceptors (Lipinski definition) is 1. The summed E-state index contributed by atoms with van der Waals surface area (Å²) < 4.78 is 1.03. The van der Waals surface area contributed by atoms with Crippen molar-refractivity contribution in [2.75, 3.05) is 0 Å². The lowest BCUT2D eigenvalue weighted by atomic mass is 9.88. The predicted octanol–water partition coefficient (Wildman–Crippen LogP) is 6.84. The summed E-state index contributed by atoms with van der Waals surface area (Å²) in [6, 6.07) is 23.7. The van der Waals surface area contributed by atoms with Crippen LogP contribution in [0.25, 0.3) is 11.3 Å². The molecule has 0 spiro atoms. The van der Waals surface area contributed by atoms with Crippen molar-refractivity contribution in [2.45, 2.75) is 6.04 Å². The Labute approximate surface area is 187 Å². The van der Waals surface area contributed by atoms with E-state index in [-0.39, 0.29) is 6.04 Å². The zero-order valence-electron chi connectivity index (χ0n) is 14.5. The molecule has 0 radical (unpaired) electrons. The van der Waals surface area contributed by atoms with Crippen molar-refractivity contribution in [3.63, 3.8) is 0 Å². The summed E-state index contributed by atoms with van der Waals surface area (Å²) in [7, 11) is 0. The molecule has 1 unspecified atom stereocenters. The first-order valence-electron chi connectivity index (χ1n) is 8.60. The maximum atomic E-state index is 6.10. The van der Waals surface area contributed by atoms with Crippen LogP contribution in [0.15, 0.2) is 77.3 Å². The minimum absolute atomic E-state index is 0.113. The average molecular weight is 490 g/mol. The van der Waals surface area contributed by atoms with Gasteiger partial charge in [-0.1, -0.05) is 75.5 Å². The van der Waals surface area contributed by atoms with Crippen LogP contribution in [0.3, 0.4) is 0 Å². The Morgan fingerprint density at radius 2 is 1.29 bits per heavy atom. The molecule has 2 nitrogen and oxygen atoms in total. The molecule has 0 saturated carbocycles.